The average Bonchev–Trinajstić information content (AvgIpc) is 3.36. The molecular weight excluding hydrogens is 399 g/mol. The molecule has 3 aromatic rings. The third-order valence-electron chi connectivity index (χ3n) is 6.05. The highest BCUT2D eigenvalue weighted by atomic mass is 32.1. The van der Waals surface area contributed by atoms with Crippen molar-refractivity contribution in [2.24, 2.45) is 5.92 Å². The number of halogens is 1. The van der Waals surface area contributed by atoms with Gasteiger partial charge in [-0.05, 0) is 81.1 Å². The maximum absolute atomic E-state index is 13.7. The Hall–Kier alpha value is -2.44. The van der Waals surface area contributed by atoms with E-state index in [9.17, 15) is 9.18 Å². The molecule has 6 heteroatoms. The van der Waals surface area contributed by atoms with Crippen molar-refractivity contribution in [3.63, 3.8) is 0 Å². The molecule has 1 fully saturated rings. The minimum Gasteiger partial charge on any atom is -0.459 e. The topological polar surface area (TPSA) is 45.5 Å². The van der Waals surface area contributed by atoms with Crippen molar-refractivity contribution in [1.82, 2.24) is 4.90 Å². The van der Waals surface area contributed by atoms with Crippen molar-refractivity contribution in [2.75, 3.05) is 18.4 Å². The standard InChI is InChI=1S/C24H27FN2O2S/c1-15-10-12-27(13-11-15)22(18-6-8-19(25)9-7-18)21-16(2)17(3)30-24(21)26-23(28)20-5-4-14-29-20/h4-9,14-15,22H,10-13H2,1-3H3,(H,26,28)/t22-/m0/s1. The first-order valence-corrected chi connectivity index (χ1v) is 11.2. The number of furan rings is 1. The molecule has 1 aliphatic heterocycles. The molecule has 30 heavy (non-hydrogen) atoms. The summed E-state index contributed by atoms with van der Waals surface area (Å²) in [4.78, 5) is 16.3. The van der Waals surface area contributed by atoms with Gasteiger partial charge in [0.2, 0.25) is 0 Å². The van der Waals surface area contributed by atoms with Gasteiger partial charge >= 0.3 is 0 Å². The summed E-state index contributed by atoms with van der Waals surface area (Å²) in [5, 5.41) is 3.90. The molecule has 0 unspecified atom stereocenters. The van der Waals surface area contributed by atoms with Crippen molar-refractivity contribution in [2.45, 2.75) is 39.7 Å². The van der Waals surface area contributed by atoms with E-state index in [0.29, 0.717) is 5.92 Å². The van der Waals surface area contributed by atoms with Crippen molar-refractivity contribution >= 4 is 22.2 Å². The van der Waals surface area contributed by atoms with E-state index in [2.05, 4.69) is 31.0 Å². The predicted octanol–water partition coefficient (Wildman–Crippen LogP) is 6.17. The molecule has 1 atom stereocenters. The number of nitrogens with one attached hydrogen (secondary N) is 1. The second-order valence-electron chi connectivity index (χ2n) is 8.13. The summed E-state index contributed by atoms with van der Waals surface area (Å²) in [6.45, 7) is 8.42. The van der Waals surface area contributed by atoms with Crippen LogP contribution < -0.4 is 5.32 Å². The molecule has 3 heterocycles. The monoisotopic (exact) mass is 426 g/mol. The molecule has 2 aromatic heterocycles. The van der Waals surface area contributed by atoms with Gasteiger partial charge in [-0.2, -0.15) is 0 Å². The van der Waals surface area contributed by atoms with Gasteiger partial charge in [0, 0.05) is 10.4 Å². The number of thiophene rings is 1. The van der Waals surface area contributed by atoms with Gasteiger partial charge < -0.3 is 9.73 Å². The van der Waals surface area contributed by atoms with Gasteiger partial charge in [0.05, 0.1) is 12.3 Å². The Morgan fingerprint density at radius 1 is 1.20 bits per heavy atom. The number of aryl methyl sites for hydroxylation is 1. The number of rotatable bonds is 5. The van der Waals surface area contributed by atoms with E-state index >= 15 is 0 Å². The molecular formula is C24H27FN2O2S. The largest absolute Gasteiger partial charge is 0.459 e. The number of hydrogen-bond acceptors (Lipinski definition) is 4. The van der Waals surface area contributed by atoms with Gasteiger partial charge in [-0.25, -0.2) is 4.39 Å². The normalized spacial score (nSPS) is 16.5. The van der Waals surface area contributed by atoms with Gasteiger partial charge in [-0.3, -0.25) is 9.69 Å². The second-order valence-corrected chi connectivity index (χ2v) is 9.35. The number of hydrogen-bond donors (Lipinski definition) is 1. The lowest BCUT2D eigenvalue weighted by Gasteiger charge is -2.37. The van der Waals surface area contributed by atoms with Crippen LogP contribution in [0, 0.1) is 25.6 Å². The number of carbonyl (C=O) groups is 1. The Bertz CT molecular complexity index is 1000. The summed E-state index contributed by atoms with van der Waals surface area (Å²) in [5.41, 5.74) is 3.31. The first kappa shape index (κ1) is 20.8. The highest BCUT2D eigenvalue weighted by Crippen LogP contribution is 2.43. The van der Waals surface area contributed by atoms with Crippen LogP contribution in [0.5, 0.6) is 0 Å². The SMILES string of the molecule is Cc1sc(NC(=O)c2ccco2)c([C@H](c2ccc(F)cc2)N2CCC(C)CC2)c1C. The summed E-state index contributed by atoms with van der Waals surface area (Å²) in [7, 11) is 0. The highest BCUT2D eigenvalue weighted by molar-refractivity contribution is 7.16. The van der Waals surface area contributed by atoms with Gasteiger partial charge in [0.25, 0.3) is 5.91 Å². The number of nitrogens with zero attached hydrogens (tertiary/aromatic N) is 1. The first-order chi connectivity index (χ1) is 14.4. The van der Waals surface area contributed by atoms with E-state index in [4.69, 9.17) is 4.42 Å². The van der Waals surface area contributed by atoms with Crippen LogP contribution in [0.2, 0.25) is 0 Å². The fourth-order valence-corrected chi connectivity index (χ4v) is 5.22. The molecule has 1 aliphatic rings. The van der Waals surface area contributed by atoms with Crippen LogP contribution in [0.1, 0.15) is 57.9 Å². The van der Waals surface area contributed by atoms with Crippen molar-refractivity contribution in [3.8, 4) is 0 Å². The fourth-order valence-electron chi connectivity index (χ4n) is 4.13. The Morgan fingerprint density at radius 2 is 1.90 bits per heavy atom. The van der Waals surface area contributed by atoms with Gasteiger partial charge in [-0.15, -0.1) is 11.3 Å². The fraction of sp³-hybridized carbons (Fsp3) is 0.375. The Balaban J connectivity index is 1.76. The first-order valence-electron chi connectivity index (χ1n) is 10.4. The quantitative estimate of drug-likeness (QED) is 0.531. The summed E-state index contributed by atoms with van der Waals surface area (Å²) in [5.74, 6) is 0.496. The van der Waals surface area contributed by atoms with Crippen LogP contribution in [0.15, 0.2) is 47.1 Å². The zero-order valence-corrected chi connectivity index (χ0v) is 18.4. The van der Waals surface area contributed by atoms with Crippen molar-refractivity contribution in [3.05, 3.63) is 75.8 Å². The number of likely N-dealkylation sites (tertiary alicyclic amines) is 1. The molecule has 1 N–H and O–H groups in total. The number of piperidine rings is 1. The predicted molar refractivity (Wildman–Crippen MR) is 119 cm³/mol. The highest BCUT2D eigenvalue weighted by Gasteiger charge is 2.31. The van der Waals surface area contributed by atoms with Crippen LogP contribution in [0.3, 0.4) is 0 Å². The lowest BCUT2D eigenvalue weighted by atomic mass is 9.91. The molecule has 4 nitrogen and oxygen atoms in total. The van der Waals surface area contributed by atoms with Gasteiger partial charge in [-0.1, -0.05) is 19.1 Å². The Morgan fingerprint density at radius 3 is 2.53 bits per heavy atom. The average molecular weight is 427 g/mol. The van der Waals surface area contributed by atoms with Crippen LogP contribution >= 0.6 is 11.3 Å². The van der Waals surface area contributed by atoms with Crippen LogP contribution in [-0.4, -0.2) is 23.9 Å². The molecule has 0 saturated carbocycles. The molecule has 0 radical (unpaired) electrons. The summed E-state index contributed by atoms with van der Waals surface area (Å²) >= 11 is 1.58. The zero-order valence-electron chi connectivity index (χ0n) is 17.6. The van der Waals surface area contributed by atoms with E-state index in [1.165, 1.54) is 24.0 Å². The maximum Gasteiger partial charge on any atom is 0.291 e. The summed E-state index contributed by atoms with van der Waals surface area (Å²) in [6.07, 6.45) is 3.76. The Labute approximate surface area is 180 Å². The third-order valence-corrected chi connectivity index (χ3v) is 7.18. The van der Waals surface area contributed by atoms with Crippen LogP contribution in [-0.2, 0) is 0 Å². The Kier molecular flexibility index (Phi) is 6.06. The number of anilines is 1. The molecule has 1 saturated heterocycles. The molecule has 1 aromatic carbocycles. The van der Waals surface area contributed by atoms with Crippen molar-refractivity contribution < 1.29 is 13.6 Å². The van der Waals surface area contributed by atoms with E-state index in [1.54, 1.807) is 23.5 Å². The van der Waals surface area contributed by atoms with Crippen LogP contribution in [0.25, 0.3) is 0 Å². The lowest BCUT2D eigenvalue weighted by molar-refractivity contribution is 0.0996. The third kappa shape index (κ3) is 4.20. The number of benzene rings is 1. The minimum absolute atomic E-state index is 0.0325. The maximum atomic E-state index is 13.7. The number of amides is 1. The molecule has 0 aliphatic carbocycles. The minimum atomic E-state index is -0.257. The van der Waals surface area contributed by atoms with E-state index in [1.807, 2.05) is 12.1 Å². The smallest absolute Gasteiger partial charge is 0.291 e. The summed E-state index contributed by atoms with van der Waals surface area (Å²) in [6, 6.07) is 10.1. The molecule has 158 valence electrons. The second kappa shape index (κ2) is 8.74. The van der Waals surface area contributed by atoms with E-state index < -0.39 is 0 Å². The number of carbonyl (C=O) groups excluding carboxylic acids is 1. The zero-order chi connectivity index (χ0) is 21.3. The van der Waals surface area contributed by atoms with E-state index in [-0.39, 0.29) is 23.5 Å². The summed E-state index contributed by atoms with van der Waals surface area (Å²) < 4.78 is 18.9. The van der Waals surface area contributed by atoms with Gasteiger partial charge in [0.15, 0.2) is 5.76 Å². The van der Waals surface area contributed by atoms with Crippen LogP contribution in [0.4, 0.5) is 9.39 Å². The molecule has 0 bridgehead atoms. The molecule has 4 rings (SSSR count). The van der Waals surface area contributed by atoms with Crippen molar-refractivity contribution in [1.29, 1.82) is 0 Å². The van der Waals surface area contributed by atoms with E-state index in [0.717, 1.165) is 46.9 Å². The van der Waals surface area contributed by atoms with Gasteiger partial charge in [0.1, 0.15) is 10.8 Å². The molecule has 1 amide bonds. The lowest BCUT2D eigenvalue weighted by Crippen LogP contribution is -2.37. The molecule has 0 spiro atoms.